The molecular formula is C24H24N4O5. The minimum atomic E-state index is -1.17. The van der Waals surface area contributed by atoms with E-state index < -0.39 is 17.5 Å². The molecule has 3 atom stereocenters. The van der Waals surface area contributed by atoms with Crippen molar-refractivity contribution < 1.29 is 23.9 Å². The predicted molar refractivity (Wildman–Crippen MR) is 119 cm³/mol. The second-order valence-corrected chi connectivity index (χ2v) is 8.80. The van der Waals surface area contributed by atoms with Gasteiger partial charge in [-0.15, -0.1) is 0 Å². The van der Waals surface area contributed by atoms with Gasteiger partial charge in [0.15, 0.2) is 0 Å². The van der Waals surface area contributed by atoms with Crippen molar-refractivity contribution in [2.45, 2.75) is 30.8 Å². The number of imide groups is 1. The Morgan fingerprint density at radius 1 is 1.12 bits per heavy atom. The van der Waals surface area contributed by atoms with E-state index in [0.29, 0.717) is 30.7 Å². The first-order valence-electron chi connectivity index (χ1n) is 10.9. The number of nitrogens with one attached hydrogen (secondary N) is 3. The van der Waals surface area contributed by atoms with Crippen LogP contribution in [0, 0.1) is 0 Å². The molecule has 0 bridgehead atoms. The highest BCUT2D eigenvalue weighted by Crippen LogP contribution is 2.39. The molecule has 2 fully saturated rings. The lowest BCUT2D eigenvalue weighted by molar-refractivity contribution is -0.131. The quantitative estimate of drug-likeness (QED) is 0.611. The molecule has 9 heteroatoms. The number of rotatable bonds is 4. The number of benzene rings is 2. The monoisotopic (exact) mass is 448 g/mol. The highest BCUT2D eigenvalue weighted by atomic mass is 16.5. The van der Waals surface area contributed by atoms with Crippen LogP contribution in [0.15, 0.2) is 48.5 Å². The van der Waals surface area contributed by atoms with E-state index in [4.69, 9.17) is 4.74 Å². The molecule has 3 unspecified atom stereocenters. The summed E-state index contributed by atoms with van der Waals surface area (Å²) in [6.07, 6.45) is 0.679. The third-order valence-corrected chi connectivity index (χ3v) is 6.56. The molecule has 5 amide bonds. The van der Waals surface area contributed by atoms with E-state index in [1.54, 1.807) is 36.1 Å². The van der Waals surface area contributed by atoms with E-state index in [1.807, 2.05) is 24.3 Å². The van der Waals surface area contributed by atoms with Gasteiger partial charge in [-0.25, -0.2) is 4.79 Å². The van der Waals surface area contributed by atoms with E-state index in [1.165, 1.54) is 0 Å². The van der Waals surface area contributed by atoms with Crippen LogP contribution in [0.3, 0.4) is 0 Å². The zero-order valence-electron chi connectivity index (χ0n) is 18.1. The van der Waals surface area contributed by atoms with Crippen molar-refractivity contribution in [2.24, 2.45) is 0 Å². The third-order valence-electron chi connectivity index (χ3n) is 6.56. The van der Waals surface area contributed by atoms with Crippen molar-refractivity contribution >= 4 is 29.4 Å². The Bertz CT molecular complexity index is 1150. The van der Waals surface area contributed by atoms with Crippen LogP contribution in [-0.4, -0.2) is 49.6 Å². The summed E-state index contributed by atoms with van der Waals surface area (Å²) in [7, 11) is 0. The van der Waals surface area contributed by atoms with Gasteiger partial charge in [0.05, 0.1) is 12.6 Å². The SMILES string of the molecule is CC1(c2ccc(C(=O)N3CC(CC4COCC(=O)N4)c4ccccc43)cc2)NC(=O)NC1=O. The van der Waals surface area contributed by atoms with Crippen LogP contribution in [0.4, 0.5) is 10.5 Å². The average Bonchev–Trinajstić information content (AvgIpc) is 3.30. The second-order valence-electron chi connectivity index (χ2n) is 8.80. The van der Waals surface area contributed by atoms with Gasteiger partial charge in [0.25, 0.3) is 11.8 Å². The Kier molecular flexibility index (Phi) is 5.13. The number of ether oxygens (including phenoxy) is 1. The molecule has 2 aromatic carbocycles. The number of urea groups is 1. The van der Waals surface area contributed by atoms with E-state index in [2.05, 4.69) is 16.0 Å². The minimum Gasteiger partial charge on any atom is -0.370 e. The number of para-hydroxylation sites is 1. The smallest absolute Gasteiger partial charge is 0.322 e. The van der Waals surface area contributed by atoms with Crippen molar-refractivity contribution in [3.63, 3.8) is 0 Å². The summed E-state index contributed by atoms with van der Waals surface area (Å²) in [5.74, 6) is -0.619. The van der Waals surface area contributed by atoms with Gasteiger partial charge < -0.3 is 20.3 Å². The lowest BCUT2D eigenvalue weighted by Crippen LogP contribution is -2.46. The fourth-order valence-corrected chi connectivity index (χ4v) is 4.81. The van der Waals surface area contributed by atoms with Crippen LogP contribution in [0.1, 0.15) is 40.7 Å². The van der Waals surface area contributed by atoms with Crippen LogP contribution in [0.2, 0.25) is 0 Å². The van der Waals surface area contributed by atoms with Crippen molar-refractivity contribution in [1.29, 1.82) is 0 Å². The maximum absolute atomic E-state index is 13.4. The minimum absolute atomic E-state index is 0.0766. The Morgan fingerprint density at radius 2 is 1.88 bits per heavy atom. The lowest BCUT2D eigenvalue weighted by atomic mass is 9.91. The molecule has 0 spiro atoms. The zero-order chi connectivity index (χ0) is 23.2. The number of fused-ring (bicyclic) bond motifs is 1. The topological polar surface area (TPSA) is 117 Å². The summed E-state index contributed by atoms with van der Waals surface area (Å²) in [4.78, 5) is 50.6. The van der Waals surface area contributed by atoms with Crippen LogP contribution >= 0.6 is 0 Å². The molecule has 9 nitrogen and oxygen atoms in total. The van der Waals surface area contributed by atoms with Crippen molar-refractivity contribution in [3.05, 3.63) is 65.2 Å². The van der Waals surface area contributed by atoms with Gasteiger partial charge in [-0.05, 0) is 42.7 Å². The summed E-state index contributed by atoms with van der Waals surface area (Å²) in [6.45, 7) is 2.67. The van der Waals surface area contributed by atoms with E-state index in [0.717, 1.165) is 11.3 Å². The summed E-state index contributed by atoms with van der Waals surface area (Å²) in [5.41, 5.74) is 1.83. The number of carbonyl (C=O) groups is 4. The normalized spacial score (nSPS) is 26.5. The molecule has 2 aromatic rings. The predicted octanol–water partition coefficient (Wildman–Crippen LogP) is 1.39. The lowest BCUT2D eigenvalue weighted by Gasteiger charge is -2.26. The van der Waals surface area contributed by atoms with Crippen molar-refractivity contribution in [2.75, 3.05) is 24.7 Å². The largest absolute Gasteiger partial charge is 0.370 e. The number of anilines is 1. The molecule has 0 aromatic heterocycles. The highest BCUT2D eigenvalue weighted by molar-refractivity contribution is 6.09. The molecule has 2 saturated heterocycles. The molecule has 0 saturated carbocycles. The maximum Gasteiger partial charge on any atom is 0.322 e. The van der Waals surface area contributed by atoms with Crippen LogP contribution in [0.25, 0.3) is 0 Å². The van der Waals surface area contributed by atoms with Crippen LogP contribution in [-0.2, 0) is 19.9 Å². The van der Waals surface area contributed by atoms with Gasteiger partial charge in [-0.2, -0.15) is 0 Å². The second kappa shape index (κ2) is 8.00. The Labute approximate surface area is 190 Å². The summed E-state index contributed by atoms with van der Waals surface area (Å²) >= 11 is 0. The van der Waals surface area contributed by atoms with Gasteiger partial charge in [-0.3, -0.25) is 19.7 Å². The zero-order valence-corrected chi connectivity index (χ0v) is 18.1. The first-order valence-corrected chi connectivity index (χ1v) is 10.9. The average molecular weight is 448 g/mol. The maximum atomic E-state index is 13.4. The first-order chi connectivity index (χ1) is 15.8. The molecule has 3 aliphatic rings. The number of hydrogen-bond donors (Lipinski definition) is 3. The van der Waals surface area contributed by atoms with Gasteiger partial charge in [0.2, 0.25) is 5.91 Å². The van der Waals surface area contributed by atoms with Crippen LogP contribution in [0.5, 0.6) is 0 Å². The molecule has 3 heterocycles. The molecule has 33 heavy (non-hydrogen) atoms. The van der Waals surface area contributed by atoms with Crippen molar-refractivity contribution in [1.82, 2.24) is 16.0 Å². The molecule has 170 valence electrons. The molecule has 3 N–H and O–H groups in total. The summed E-state index contributed by atoms with van der Waals surface area (Å²) < 4.78 is 5.36. The first kappa shape index (κ1) is 21.1. The van der Waals surface area contributed by atoms with Gasteiger partial charge >= 0.3 is 6.03 Å². The highest BCUT2D eigenvalue weighted by Gasteiger charge is 2.43. The van der Waals surface area contributed by atoms with Crippen LogP contribution < -0.4 is 20.9 Å². The fourth-order valence-electron chi connectivity index (χ4n) is 4.81. The van der Waals surface area contributed by atoms with Gasteiger partial charge in [-0.1, -0.05) is 30.3 Å². The Morgan fingerprint density at radius 3 is 2.58 bits per heavy atom. The van der Waals surface area contributed by atoms with E-state index >= 15 is 0 Å². The Balaban J connectivity index is 1.36. The number of morpholine rings is 1. The number of nitrogens with zero attached hydrogens (tertiary/aromatic N) is 1. The Hall–Kier alpha value is -3.72. The summed E-state index contributed by atoms with van der Waals surface area (Å²) in [5, 5.41) is 7.83. The van der Waals surface area contributed by atoms with Crippen molar-refractivity contribution in [3.8, 4) is 0 Å². The van der Waals surface area contributed by atoms with E-state index in [9.17, 15) is 19.2 Å². The fraction of sp³-hybridized carbons (Fsp3) is 0.333. The van der Waals surface area contributed by atoms with Gasteiger partial charge in [0.1, 0.15) is 12.1 Å². The molecule has 0 aliphatic carbocycles. The molecular weight excluding hydrogens is 424 g/mol. The third kappa shape index (κ3) is 3.74. The standard InChI is InChI=1S/C24H24N4O5/c1-24(22(31)26-23(32)27-24)16-8-6-14(7-9-16)21(30)28-11-15(18-4-2-3-5-19(18)28)10-17-12-33-13-20(29)25-17/h2-9,15,17H,10-13H2,1H3,(H,25,29)(H2,26,27,31,32). The van der Waals surface area contributed by atoms with Gasteiger partial charge in [0, 0.05) is 23.7 Å². The number of carbonyl (C=O) groups excluding carboxylic acids is 4. The van der Waals surface area contributed by atoms with E-state index in [-0.39, 0.29) is 30.4 Å². The molecule has 5 rings (SSSR count). The summed E-state index contributed by atoms with van der Waals surface area (Å²) in [6, 6.07) is 13.9. The molecule has 0 radical (unpaired) electrons. The number of amides is 5. The molecule has 3 aliphatic heterocycles. The number of hydrogen-bond acceptors (Lipinski definition) is 5.